The van der Waals surface area contributed by atoms with Crippen molar-refractivity contribution in [3.63, 3.8) is 0 Å². The second kappa shape index (κ2) is 10.3. The number of carbonyl (C=O) groups is 2. The van der Waals surface area contributed by atoms with Crippen LogP contribution in [0, 0.1) is 0 Å². The largest absolute Gasteiger partial charge is 0.383 e. The quantitative estimate of drug-likeness (QED) is 0.639. The smallest absolute Gasteiger partial charge is 0.321 e. The summed E-state index contributed by atoms with van der Waals surface area (Å²) in [4.78, 5) is 29.3. The normalized spacial score (nSPS) is 16.0. The van der Waals surface area contributed by atoms with Gasteiger partial charge < -0.3 is 14.6 Å². The summed E-state index contributed by atoms with van der Waals surface area (Å²) in [6.45, 7) is 2.89. The number of urea groups is 1. The van der Waals surface area contributed by atoms with Crippen LogP contribution in [-0.4, -0.2) is 46.5 Å². The zero-order chi connectivity index (χ0) is 20.8. The average Bonchev–Trinajstić information content (AvgIpc) is 3.02. The number of amides is 3. The summed E-state index contributed by atoms with van der Waals surface area (Å²) in [5, 5.41) is 6.17. The molecule has 1 aliphatic carbocycles. The van der Waals surface area contributed by atoms with Crippen LogP contribution < -0.4 is 10.6 Å². The highest BCUT2D eigenvalue weighted by atomic mass is 35.5. The number of imide groups is 1. The summed E-state index contributed by atoms with van der Waals surface area (Å²) in [5.41, 5.74) is 1.69. The minimum atomic E-state index is -0.485. The molecule has 2 aromatic rings. The van der Waals surface area contributed by atoms with E-state index in [0.717, 1.165) is 36.7 Å². The molecule has 3 amide bonds. The summed E-state index contributed by atoms with van der Waals surface area (Å²) in [6.07, 6.45) is 5.39. The van der Waals surface area contributed by atoms with Crippen molar-refractivity contribution in [2.45, 2.75) is 62.0 Å². The van der Waals surface area contributed by atoms with Crippen molar-refractivity contribution in [2.24, 2.45) is 0 Å². The number of methoxy groups -OCH3 is 1. The zero-order valence-electron chi connectivity index (χ0n) is 16.7. The van der Waals surface area contributed by atoms with Gasteiger partial charge in [-0.1, -0.05) is 42.6 Å². The number of nitrogens with one attached hydrogen (secondary N) is 2. The van der Waals surface area contributed by atoms with E-state index in [1.54, 1.807) is 20.1 Å². The Morgan fingerprint density at radius 3 is 2.83 bits per heavy atom. The molecule has 0 bridgehead atoms. The van der Waals surface area contributed by atoms with Crippen LogP contribution >= 0.6 is 23.4 Å². The van der Waals surface area contributed by atoms with Crippen molar-refractivity contribution >= 4 is 46.3 Å². The van der Waals surface area contributed by atoms with E-state index >= 15 is 0 Å². The first-order chi connectivity index (χ1) is 14.0. The van der Waals surface area contributed by atoms with E-state index in [-0.39, 0.29) is 11.9 Å². The molecule has 2 N–H and O–H groups in total. The second-order valence-electron chi connectivity index (χ2n) is 7.23. The SMILES string of the molecule is COCCn1c(SC(C)C(=O)NC(=O)NC2CCCCC2)nc2cc(Cl)ccc21. The number of imidazole rings is 1. The van der Waals surface area contributed by atoms with Crippen molar-refractivity contribution in [3.8, 4) is 0 Å². The predicted molar refractivity (Wildman–Crippen MR) is 115 cm³/mol. The molecule has 1 atom stereocenters. The van der Waals surface area contributed by atoms with Crippen LogP contribution in [0.4, 0.5) is 4.79 Å². The molecule has 1 heterocycles. The van der Waals surface area contributed by atoms with Crippen molar-refractivity contribution in [1.82, 2.24) is 20.2 Å². The number of hydrogen-bond donors (Lipinski definition) is 2. The standard InChI is InChI=1S/C20H27ClN4O3S/c1-13(18(26)24-19(27)22-15-6-4-3-5-7-15)29-20-23-16-12-14(21)8-9-17(16)25(20)10-11-28-2/h8-9,12-13,15H,3-7,10-11H2,1-2H3,(H2,22,24,26,27). The van der Waals surface area contributed by atoms with Crippen LogP contribution in [-0.2, 0) is 16.1 Å². The number of nitrogens with zero attached hydrogens (tertiary/aromatic N) is 2. The van der Waals surface area contributed by atoms with Gasteiger partial charge in [0.25, 0.3) is 0 Å². The van der Waals surface area contributed by atoms with Gasteiger partial charge in [-0.3, -0.25) is 10.1 Å². The molecular formula is C20H27ClN4O3S. The summed E-state index contributed by atoms with van der Waals surface area (Å²) < 4.78 is 7.21. The van der Waals surface area contributed by atoms with E-state index in [1.807, 2.05) is 16.7 Å². The van der Waals surface area contributed by atoms with Crippen molar-refractivity contribution in [2.75, 3.05) is 13.7 Å². The number of aromatic nitrogens is 2. The Balaban J connectivity index is 1.65. The van der Waals surface area contributed by atoms with Crippen molar-refractivity contribution in [1.29, 1.82) is 0 Å². The first-order valence-electron chi connectivity index (χ1n) is 9.90. The number of rotatable bonds is 7. The van der Waals surface area contributed by atoms with Gasteiger partial charge in [0.1, 0.15) is 0 Å². The molecule has 0 saturated heterocycles. The minimum absolute atomic E-state index is 0.155. The Labute approximate surface area is 179 Å². The fourth-order valence-electron chi connectivity index (χ4n) is 3.46. The van der Waals surface area contributed by atoms with Crippen LogP contribution in [0.5, 0.6) is 0 Å². The summed E-state index contributed by atoms with van der Waals surface area (Å²) in [6, 6.07) is 5.26. The fraction of sp³-hybridized carbons (Fsp3) is 0.550. The first kappa shape index (κ1) is 21.9. The molecule has 158 valence electrons. The minimum Gasteiger partial charge on any atom is -0.383 e. The monoisotopic (exact) mass is 438 g/mol. The van der Waals surface area contributed by atoms with E-state index in [0.29, 0.717) is 23.3 Å². The van der Waals surface area contributed by atoms with Crippen LogP contribution in [0.2, 0.25) is 5.02 Å². The van der Waals surface area contributed by atoms with Gasteiger partial charge in [0, 0.05) is 24.7 Å². The third-order valence-corrected chi connectivity index (χ3v) is 6.35. The van der Waals surface area contributed by atoms with E-state index < -0.39 is 11.3 Å². The number of thioether (sulfide) groups is 1. The molecule has 1 unspecified atom stereocenters. The van der Waals surface area contributed by atoms with Crippen molar-refractivity contribution < 1.29 is 14.3 Å². The van der Waals surface area contributed by atoms with E-state index in [1.165, 1.54) is 18.2 Å². The van der Waals surface area contributed by atoms with E-state index in [2.05, 4.69) is 15.6 Å². The van der Waals surface area contributed by atoms with E-state index in [4.69, 9.17) is 16.3 Å². The average molecular weight is 439 g/mol. The van der Waals surface area contributed by atoms with Gasteiger partial charge in [-0.15, -0.1) is 0 Å². The highest BCUT2D eigenvalue weighted by Gasteiger charge is 2.23. The number of fused-ring (bicyclic) bond motifs is 1. The third kappa shape index (κ3) is 5.87. The first-order valence-corrected chi connectivity index (χ1v) is 11.2. The lowest BCUT2D eigenvalue weighted by Crippen LogP contribution is -2.47. The Hall–Kier alpha value is -1.77. The number of ether oxygens (including phenoxy) is 1. The zero-order valence-corrected chi connectivity index (χ0v) is 18.3. The molecule has 9 heteroatoms. The molecular weight excluding hydrogens is 412 g/mol. The highest BCUT2D eigenvalue weighted by molar-refractivity contribution is 8.00. The number of benzene rings is 1. The van der Waals surface area contributed by atoms with Gasteiger partial charge in [0.15, 0.2) is 5.16 Å². The van der Waals surface area contributed by atoms with Gasteiger partial charge >= 0.3 is 6.03 Å². The highest BCUT2D eigenvalue weighted by Crippen LogP contribution is 2.29. The molecule has 7 nitrogen and oxygen atoms in total. The van der Waals surface area contributed by atoms with Crippen LogP contribution in [0.3, 0.4) is 0 Å². The molecule has 0 spiro atoms. The van der Waals surface area contributed by atoms with Crippen LogP contribution in [0.15, 0.2) is 23.4 Å². The van der Waals surface area contributed by atoms with Gasteiger partial charge in [-0.25, -0.2) is 9.78 Å². The molecule has 1 saturated carbocycles. The Morgan fingerprint density at radius 1 is 1.34 bits per heavy atom. The molecule has 29 heavy (non-hydrogen) atoms. The molecule has 1 aromatic carbocycles. The van der Waals surface area contributed by atoms with Crippen molar-refractivity contribution in [3.05, 3.63) is 23.2 Å². The molecule has 1 aliphatic rings. The number of hydrogen-bond acceptors (Lipinski definition) is 5. The molecule has 3 rings (SSSR count). The molecule has 1 fully saturated rings. The van der Waals surface area contributed by atoms with E-state index in [9.17, 15) is 9.59 Å². The summed E-state index contributed by atoms with van der Waals surface area (Å²) >= 11 is 7.40. The predicted octanol–water partition coefficient (Wildman–Crippen LogP) is 3.98. The third-order valence-electron chi connectivity index (χ3n) is 5.02. The topological polar surface area (TPSA) is 85.2 Å². The van der Waals surface area contributed by atoms with Gasteiger partial charge in [-0.05, 0) is 38.0 Å². The number of carbonyl (C=O) groups excluding carboxylic acids is 2. The maximum Gasteiger partial charge on any atom is 0.321 e. The second-order valence-corrected chi connectivity index (χ2v) is 8.97. The molecule has 0 aliphatic heterocycles. The Kier molecular flexibility index (Phi) is 7.80. The molecule has 1 aromatic heterocycles. The van der Waals surface area contributed by atoms with Gasteiger partial charge in [0.2, 0.25) is 5.91 Å². The lowest BCUT2D eigenvalue weighted by atomic mass is 9.96. The van der Waals surface area contributed by atoms with Gasteiger partial charge in [-0.2, -0.15) is 0 Å². The van der Waals surface area contributed by atoms with Crippen LogP contribution in [0.1, 0.15) is 39.0 Å². The Bertz CT molecular complexity index is 867. The van der Waals surface area contributed by atoms with Crippen LogP contribution in [0.25, 0.3) is 11.0 Å². The lowest BCUT2D eigenvalue weighted by Gasteiger charge is -2.23. The Morgan fingerprint density at radius 2 is 2.10 bits per heavy atom. The molecule has 0 radical (unpaired) electrons. The summed E-state index contributed by atoms with van der Waals surface area (Å²) in [5.74, 6) is -0.341. The van der Waals surface area contributed by atoms with Gasteiger partial charge in [0.05, 0.1) is 22.9 Å². The maximum atomic E-state index is 12.5. The number of halogens is 1. The fourth-order valence-corrected chi connectivity index (χ4v) is 4.58. The lowest BCUT2D eigenvalue weighted by molar-refractivity contribution is -0.119. The maximum absolute atomic E-state index is 12.5. The summed E-state index contributed by atoms with van der Waals surface area (Å²) in [7, 11) is 1.64.